The van der Waals surface area contributed by atoms with Crippen LogP contribution in [-0.4, -0.2) is 13.1 Å². The van der Waals surface area contributed by atoms with Gasteiger partial charge < -0.3 is 11.1 Å². The number of rotatable bonds is 6. The van der Waals surface area contributed by atoms with Gasteiger partial charge in [0.15, 0.2) is 0 Å². The van der Waals surface area contributed by atoms with E-state index in [-0.39, 0.29) is 11.9 Å². The summed E-state index contributed by atoms with van der Waals surface area (Å²) < 4.78 is 12.8. The summed E-state index contributed by atoms with van der Waals surface area (Å²) in [6, 6.07) is 6.86. The van der Waals surface area contributed by atoms with E-state index in [1.54, 1.807) is 0 Å². The van der Waals surface area contributed by atoms with Gasteiger partial charge in [-0.15, -0.1) is 0 Å². The van der Waals surface area contributed by atoms with E-state index < -0.39 is 0 Å². The summed E-state index contributed by atoms with van der Waals surface area (Å²) in [6.07, 6.45) is 0. The lowest BCUT2D eigenvalue weighted by Crippen LogP contribution is -2.33. The van der Waals surface area contributed by atoms with Crippen LogP contribution in [0, 0.1) is 17.7 Å². The first-order chi connectivity index (χ1) is 8.04. The van der Waals surface area contributed by atoms with Crippen molar-refractivity contribution in [3.63, 3.8) is 0 Å². The number of nitrogens with one attached hydrogen (secondary N) is 1. The van der Waals surface area contributed by atoms with Crippen molar-refractivity contribution in [1.29, 1.82) is 0 Å². The van der Waals surface area contributed by atoms with Crippen molar-refractivity contribution in [3.05, 3.63) is 35.6 Å². The lowest BCUT2D eigenvalue weighted by Gasteiger charge is -2.22. The van der Waals surface area contributed by atoms with Gasteiger partial charge >= 0.3 is 0 Å². The molecule has 0 bridgehead atoms. The Hall–Kier alpha value is -0.930. The molecule has 0 aliphatic rings. The molecule has 2 nitrogen and oxygen atoms in total. The van der Waals surface area contributed by atoms with E-state index in [4.69, 9.17) is 5.73 Å². The van der Waals surface area contributed by atoms with Crippen molar-refractivity contribution >= 4 is 0 Å². The third-order valence-corrected chi connectivity index (χ3v) is 3.30. The Morgan fingerprint density at radius 3 is 2.24 bits per heavy atom. The second-order valence-electron chi connectivity index (χ2n) is 4.92. The molecular formula is C14H23FN2. The monoisotopic (exact) mass is 238 g/mol. The lowest BCUT2D eigenvalue weighted by molar-refractivity contribution is 0.356. The fourth-order valence-corrected chi connectivity index (χ4v) is 1.79. The summed E-state index contributed by atoms with van der Waals surface area (Å²) in [5.41, 5.74) is 6.83. The third-order valence-electron chi connectivity index (χ3n) is 3.30. The molecule has 3 heteroatoms. The molecule has 0 amide bonds. The molecule has 0 saturated heterocycles. The van der Waals surface area contributed by atoms with E-state index >= 15 is 0 Å². The largest absolute Gasteiger partial charge is 0.330 e. The Labute approximate surface area is 103 Å². The van der Waals surface area contributed by atoms with Crippen molar-refractivity contribution in [3.8, 4) is 0 Å². The maximum Gasteiger partial charge on any atom is 0.123 e. The Morgan fingerprint density at radius 2 is 1.76 bits per heavy atom. The first kappa shape index (κ1) is 14.1. The van der Waals surface area contributed by atoms with Gasteiger partial charge in [0.2, 0.25) is 0 Å². The van der Waals surface area contributed by atoms with Crippen LogP contribution in [0.15, 0.2) is 24.3 Å². The number of hydrogen-bond donors (Lipinski definition) is 2. The number of benzene rings is 1. The van der Waals surface area contributed by atoms with Crippen LogP contribution >= 0.6 is 0 Å². The van der Waals surface area contributed by atoms with E-state index in [9.17, 15) is 4.39 Å². The van der Waals surface area contributed by atoms with E-state index in [1.165, 1.54) is 12.1 Å². The van der Waals surface area contributed by atoms with Crippen molar-refractivity contribution in [2.24, 2.45) is 17.6 Å². The maximum atomic E-state index is 12.8. The van der Waals surface area contributed by atoms with E-state index in [0.29, 0.717) is 18.4 Å². The summed E-state index contributed by atoms with van der Waals surface area (Å²) in [6.45, 7) is 8.04. The molecule has 0 radical (unpaired) electrons. The zero-order valence-electron chi connectivity index (χ0n) is 10.9. The standard InChI is InChI=1S/C14H23FN2/c1-10(2)13(8-16)9-17-11(3)12-4-6-14(15)7-5-12/h4-7,10-11,13,17H,8-9,16H2,1-3H3. The summed E-state index contributed by atoms with van der Waals surface area (Å²) in [7, 11) is 0. The second kappa shape index (κ2) is 6.72. The first-order valence-electron chi connectivity index (χ1n) is 6.23. The molecule has 2 unspecified atom stereocenters. The van der Waals surface area contributed by atoms with Crippen molar-refractivity contribution in [2.75, 3.05) is 13.1 Å². The molecule has 0 fully saturated rings. The minimum absolute atomic E-state index is 0.192. The van der Waals surface area contributed by atoms with Gasteiger partial charge in [-0.05, 0) is 49.5 Å². The minimum atomic E-state index is -0.192. The maximum absolute atomic E-state index is 12.8. The molecule has 0 aromatic heterocycles. The van der Waals surface area contributed by atoms with Crippen LogP contribution < -0.4 is 11.1 Å². The SMILES string of the molecule is CC(NCC(CN)C(C)C)c1ccc(F)cc1. The highest BCUT2D eigenvalue weighted by atomic mass is 19.1. The molecule has 0 aliphatic carbocycles. The first-order valence-corrected chi connectivity index (χ1v) is 6.23. The Morgan fingerprint density at radius 1 is 1.18 bits per heavy atom. The minimum Gasteiger partial charge on any atom is -0.330 e. The zero-order chi connectivity index (χ0) is 12.8. The summed E-state index contributed by atoms with van der Waals surface area (Å²) in [5.74, 6) is 0.869. The summed E-state index contributed by atoms with van der Waals surface area (Å²) in [4.78, 5) is 0. The zero-order valence-corrected chi connectivity index (χ0v) is 10.9. The van der Waals surface area contributed by atoms with Gasteiger partial charge in [0.25, 0.3) is 0 Å². The fraction of sp³-hybridized carbons (Fsp3) is 0.571. The smallest absolute Gasteiger partial charge is 0.123 e. The van der Waals surface area contributed by atoms with Crippen LogP contribution in [0.25, 0.3) is 0 Å². The second-order valence-corrected chi connectivity index (χ2v) is 4.92. The van der Waals surface area contributed by atoms with Crippen LogP contribution in [0.5, 0.6) is 0 Å². The van der Waals surface area contributed by atoms with E-state index in [1.807, 2.05) is 12.1 Å². The Balaban J connectivity index is 2.49. The fourth-order valence-electron chi connectivity index (χ4n) is 1.79. The molecule has 1 aromatic rings. The van der Waals surface area contributed by atoms with Gasteiger partial charge in [-0.1, -0.05) is 26.0 Å². The van der Waals surface area contributed by atoms with Crippen LogP contribution in [0.1, 0.15) is 32.4 Å². The highest BCUT2D eigenvalue weighted by Crippen LogP contribution is 2.14. The van der Waals surface area contributed by atoms with Gasteiger partial charge in [-0.3, -0.25) is 0 Å². The number of hydrogen-bond acceptors (Lipinski definition) is 2. The normalized spacial score (nSPS) is 14.9. The molecule has 1 aromatic carbocycles. The van der Waals surface area contributed by atoms with Gasteiger partial charge in [-0.2, -0.15) is 0 Å². The van der Waals surface area contributed by atoms with E-state index in [0.717, 1.165) is 12.1 Å². The van der Waals surface area contributed by atoms with Crippen molar-refractivity contribution in [1.82, 2.24) is 5.32 Å². The average Bonchev–Trinajstić information content (AvgIpc) is 2.30. The highest BCUT2D eigenvalue weighted by molar-refractivity contribution is 5.19. The van der Waals surface area contributed by atoms with Gasteiger partial charge in [0.05, 0.1) is 0 Å². The van der Waals surface area contributed by atoms with E-state index in [2.05, 4.69) is 26.1 Å². The van der Waals surface area contributed by atoms with Crippen molar-refractivity contribution in [2.45, 2.75) is 26.8 Å². The molecule has 3 N–H and O–H groups in total. The average molecular weight is 238 g/mol. The predicted octanol–water partition coefficient (Wildman–Crippen LogP) is 2.71. The molecule has 17 heavy (non-hydrogen) atoms. The topological polar surface area (TPSA) is 38.0 Å². The molecule has 96 valence electrons. The van der Waals surface area contributed by atoms with Crippen LogP contribution in [-0.2, 0) is 0 Å². The molecule has 2 atom stereocenters. The van der Waals surface area contributed by atoms with Gasteiger partial charge in [-0.25, -0.2) is 4.39 Å². The summed E-state index contributed by atoms with van der Waals surface area (Å²) >= 11 is 0. The van der Waals surface area contributed by atoms with Crippen molar-refractivity contribution < 1.29 is 4.39 Å². The molecule has 1 rings (SSSR count). The third kappa shape index (κ3) is 4.44. The number of nitrogens with two attached hydrogens (primary N) is 1. The Kier molecular flexibility index (Phi) is 5.59. The number of halogens is 1. The lowest BCUT2D eigenvalue weighted by atomic mass is 9.95. The molecule has 0 heterocycles. The molecular weight excluding hydrogens is 215 g/mol. The van der Waals surface area contributed by atoms with Gasteiger partial charge in [0.1, 0.15) is 5.82 Å². The molecule has 0 spiro atoms. The summed E-state index contributed by atoms with van der Waals surface area (Å²) in [5, 5.41) is 3.45. The van der Waals surface area contributed by atoms with Crippen LogP contribution in [0.2, 0.25) is 0 Å². The highest BCUT2D eigenvalue weighted by Gasteiger charge is 2.13. The Bertz CT molecular complexity index is 321. The van der Waals surface area contributed by atoms with Crippen LogP contribution in [0.3, 0.4) is 0 Å². The van der Waals surface area contributed by atoms with Gasteiger partial charge in [0, 0.05) is 6.04 Å². The quantitative estimate of drug-likeness (QED) is 0.799. The predicted molar refractivity (Wildman–Crippen MR) is 70.2 cm³/mol. The van der Waals surface area contributed by atoms with Crippen LogP contribution in [0.4, 0.5) is 4.39 Å². The molecule has 0 saturated carbocycles. The molecule has 0 aliphatic heterocycles.